The highest BCUT2D eigenvalue weighted by Crippen LogP contribution is 2.30. The van der Waals surface area contributed by atoms with Gasteiger partial charge in [0.25, 0.3) is 0 Å². The summed E-state index contributed by atoms with van der Waals surface area (Å²) in [7, 11) is 1.84. The molecule has 0 atom stereocenters. The second kappa shape index (κ2) is 5.85. The Hall–Kier alpha value is -1.53. The largest absolute Gasteiger partial charge is 0.383 e. The number of halogens is 1. The summed E-state index contributed by atoms with van der Waals surface area (Å²) in [5.74, 6) is 0.887. The topological polar surface area (TPSA) is 44.3 Å². The molecule has 20 heavy (non-hydrogen) atoms. The first kappa shape index (κ1) is 13.5. The molecule has 2 aromatic rings. The lowest BCUT2D eigenvalue weighted by Gasteiger charge is -2.36. The standard InChI is InChI=1S/C13H16ClN5S/c1-15-11-12(14)16-9-17-13(11)19-6-4-18(5-7-19)10-3-2-8-20-10/h2-3,8-9,15H,4-7H2,1H3. The van der Waals surface area contributed by atoms with Gasteiger partial charge in [-0.3, -0.25) is 0 Å². The molecule has 0 aliphatic carbocycles. The van der Waals surface area contributed by atoms with Crippen LogP contribution in [0.4, 0.5) is 16.5 Å². The highest BCUT2D eigenvalue weighted by Gasteiger charge is 2.22. The summed E-state index contributed by atoms with van der Waals surface area (Å²) in [5.41, 5.74) is 0.804. The molecule has 2 aromatic heterocycles. The number of rotatable bonds is 3. The van der Waals surface area contributed by atoms with Crippen molar-refractivity contribution in [2.24, 2.45) is 0 Å². The van der Waals surface area contributed by atoms with Crippen molar-refractivity contribution in [2.75, 3.05) is 48.3 Å². The zero-order chi connectivity index (χ0) is 13.9. The Morgan fingerprint density at radius 1 is 1.20 bits per heavy atom. The van der Waals surface area contributed by atoms with Gasteiger partial charge in [0.2, 0.25) is 0 Å². The molecule has 1 N–H and O–H groups in total. The third kappa shape index (κ3) is 2.53. The van der Waals surface area contributed by atoms with Crippen molar-refractivity contribution in [1.82, 2.24) is 9.97 Å². The highest BCUT2D eigenvalue weighted by molar-refractivity contribution is 7.14. The maximum absolute atomic E-state index is 6.11. The summed E-state index contributed by atoms with van der Waals surface area (Å²) in [6.07, 6.45) is 1.52. The minimum absolute atomic E-state index is 0.471. The van der Waals surface area contributed by atoms with E-state index in [1.54, 1.807) is 11.3 Å². The van der Waals surface area contributed by atoms with Gasteiger partial charge in [-0.2, -0.15) is 0 Å². The molecule has 0 amide bonds. The molecule has 0 radical (unpaired) electrons. The molecule has 3 heterocycles. The Kier molecular flexibility index (Phi) is 3.93. The lowest BCUT2D eigenvalue weighted by atomic mass is 10.3. The quantitative estimate of drug-likeness (QED) is 0.883. The van der Waals surface area contributed by atoms with Gasteiger partial charge >= 0.3 is 0 Å². The van der Waals surface area contributed by atoms with Gasteiger partial charge in [0, 0.05) is 33.2 Å². The molecule has 1 saturated heterocycles. The molecule has 1 aliphatic heterocycles. The van der Waals surface area contributed by atoms with Crippen LogP contribution < -0.4 is 15.1 Å². The van der Waals surface area contributed by atoms with Crippen molar-refractivity contribution >= 4 is 39.4 Å². The van der Waals surface area contributed by atoms with Crippen LogP contribution in [0.2, 0.25) is 5.15 Å². The van der Waals surface area contributed by atoms with E-state index in [-0.39, 0.29) is 0 Å². The van der Waals surface area contributed by atoms with Crippen LogP contribution in [0.5, 0.6) is 0 Å². The van der Waals surface area contributed by atoms with Crippen molar-refractivity contribution in [3.63, 3.8) is 0 Å². The fourth-order valence-electron chi connectivity index (χ4n) is 2.40. The first-order valence-electron chi connectivity index (χ1n) is 6.51. The van der Waals surface area contributed by atoms with E-state index in [1.165, 1.54) is 11.3 Å². The summed E-state index contributed by atoms with van der Waals surface area (Å²) in [5, 5.41) is 7.01. The number of aromatic nitrogens is 2. The van der Waals surface area contributed by atoms with Crippen LogP contribution in [-0.4, -0.2) is 43.2 Å². The van der Waals surface area contributed by atoms with E-state index in [9.17, 15) is 0 Å². The fraction of sp³-hybridized carbons (Fsp3) is 0.385. The van der Waals surface area contributed by atoms with E-state index >= 15 is 0 Å². The summed E-state index contributed by atoms with van der Waals surface area (Å²) < 4.78 is 0. The van der Waals surface area contributed by atoms with Crippen LogP contribution in [0, 0.1) is 0 Å². The Labute approximate surface area is 127 Å². The number of anilines is 3. The maximum atomic E-state index is 6.11. The molecule has 1 fully saturated rings. The van der Waals surface area contributed by atoms with E-state index in [4.69, 9.17) is 11.6 Å². The number of nitrogens with zero attached hydrogens (tertiary/aromatic N) is 4. The van der Waals surface area contributed by atoms with Crippen LogP contribution in [0.1, 0.15) is 0 Å². The molecule has 0 aromatic carbocycles. The number of piperazine rings is 1. The number of hydrogen-bond acceptors (Lipinski definition) is 6. The minimum atomic E-state index is 0.471. The third-order valence-corrected chi connectivity index (χ3v) is 4.64. The van der Waals surface area contributed by atoms with Crippen LogP contribution in [0.25, 0.3) is 0 Å². The van der Waals surface area contributed by atoms with Gasteiger partial charge in [-0.25, -0.2) is 9.97 Å². The Morgan fingerprint density at radius 2 is 1.95 bits per heavy atom. The molecule has 0 bridgehead atoms. The number of hydrogen-bond donors (Lipinski definition) is 1. The molecule has 106 valence electrons. The van der Waals surface area contributed by atoms with Crippen molar-refractivity contribution < 1.29 is 0 Å². The summed E-state index contributed by atoms with van der Waals surface area (Å²) in [6, 6.07) is 4.26. The third-order valence-electron chi connectivity index (χ3n) is 3.43. The zero-order valence-electron chi connectivity index (χ0n) is 11.2. The number of nitrogens with one attached hydrogen (secondary N) is 1. The van der Waals surface area contributed by atoms with Crippen molar-refractivity contribution in [3.8, 4) is 0 Å². The van der Waals surface area contributed by atoms with Crippen LogP contribution in [-0.2, 0) is 0 Å². The lowest BCUT2D eigenvalue weighted by Crippen LogP contribution is -2.46. The summed E-state index contributed by atoms with van der Waals surface area (Å²) >= 11 is 7.89. The Balaban J connectivity index is 1.74. The van der Waals surface area contributed by atoms with E-state index in [1.807, 2.05) is 7.05 Å². The molecular weight excluding hydrogens is 294 g/mol. The van der Waals surface area contributed by atoms with Gasteiger partial charge in [-0.05, 0) is 17.5 Å². The predicted octanol–water partition coefficient (Wildman–Crippen LogP) is 2.56. The van der Waals surface area contributed by atoms with Gasteiger partial charge in [0.05, 0.1) is 5.00 Å². The van der Waals surface area contributed by atoms with E-state index < -0.39 is 0 Å². The van der Waals surface area contributed by atoms with E-state index in [2.05, 4.69) is 42.6 Å². The second-order valence-corrected chi connectivity index (χ2v) is 5.82. The summed E-state index contributed by atoms with van der Waals surface area (Å²) in [6.45, 7) is 3.84. The molecule has 7 heteroatoms. The molecule has 0 unspecified atom stereocenters. The molecule has 3 rings (SSSR count). The van der Waals surface area contributed by atoms with Crippen LogP contribution in [0.15, 0.2) is 23.8 Å². The van der Waals surface area contributed by atoms with Gasteiger partial charge < -0.3 is 15.1 Å². The Bertz CT molecular complexity index is 566. The first-order valence-corrected chi connectivity index (χ1v) is 7.77. The maximum Gasteiger partial charge on any atom is 0.157 e. The van der Waals surface area contributed by atoms with E-state index in [0.717, 1.165) is 37.7 Å². The average Bonchev–Trinajstić information content (AvgIpc) is 3.01. The van der Waals surface area contributed by atoms with Crippen LogP contribution in [0.3, 0.4) is 0 Å². The molecule has 1 aliphatic rings. The van der Waals surface area contributed by atoms with Crippen molar-refractivity contribution in [2.45, 2.75) is 0 Å². The van der Waals surface area contributed by atoms with Gasteiger partial charge in [0.1, 0.15) is 12.0 Å². The van der Waals surface area contributed by atoms with Crippen molar-refractivity contribution in [3.05, 3.63) is 29.0 Å². The first-order chi connectivity index (χ1) is 9.79. The molecule has 0 saturated carbocycles. The SMILES string of the molecule is CNc1c(Cl)ncnc1N1CCN(c2cccs2)CC1. The Morgan fingerprint density at radius 3 is 2.60 bits per heavy atom. The van der Waals surface area contributed by atoms with Crippen molar-refractivity contribution in [1.29, 1.82) is 0 Å². The predicted molar refractivity (Wildman–Crippen MR) is 85.3 cm³/mol. The monoisotopic (exact) mass is 309 g/mol. The average molecular weight is 310 g/mol. The van der Waals surface area contributed by atoms with Gasteiger partial charge in [-0.15, -0.1) is 11.3 Å². The molecular formula is C13H16ClN5S. The van der Waals surface area contributed by atoms with Gasteiger partial charge in [-0.1, -0.05) is 11.6 Å². The van der Waals surface area contributed by atoms with Crippen LogP contribution >= 0.6 is 22.9 Å². The zero-order valence-corrected chi connectivity index (χ0v) is 12.8. The normalized spacial score (nSPS) is 15.5. The minimum Gasteiger partial charge on any atom is -0.383 e. The van der Waals surface area contributed by atoms with E-state index in [0.29, 0.717) is 5.15 Å². The molecule has 5 nitrogen and oxygen atoms in total. The van der Waals surface area contributed by atoms with Gasteiger partial charge in [0.15, 0.2) is 11.0 Å². The summed E-state index contributed by atoms with van der Waals surface area (Å²) in [4.78, 5) is 13.1. The fourth-order valence-corrected chi connectivity index (χ4v) is 3.41. The second-order valence-electron chi connectivity index (χ2n) is 4.54. The smallest absolute Gasteiger partial charge is 0.157 e. The lowest BCUT2D eigenvalue weighted by molar-refractivity contribution is 0.651. The number of thiophene rings is 1. The molecule has 0 spiro atoms. The highest BCUT2D eigenvalue weighted by atomic mass is 35.5.